The summed E-state index contributed by atoms with van der Waals surface area (Å²) in [4.78, 5) is 14.5. The van der Waals surface area contributed by atoms with Crippen LogP contribution in [-0.2, 0) is 0 Å². The Hall–Kier alpha value is -1.69. The average molecular weight is 146 g/mol. The second kappa shape index (κ2) is 2.93. The van der Waals surface area contributed by atoms with Crippen LogP contribution in [0.2, 0.25) is 0 Å². The van der Waals surface area contributed by atoms with Crippen LogP contribution in [0, 0.1) is 11.3 Å². The van der Waals surface area contributed by atoms with Crippen molar-refractivity contribution in [3.05, 3.63) is 29.6 Å². The van der Waals surface area contributed by atoms with E-state index in [0.717, 1.165) is 0 Å². The zero-order chi connectivity index (χ0) is 8.27. The zero-order valence-electron chi connectivity index (χ0n) is 6.03. The van der Waals surface area contributed by atoms with Crippen molar-refractivity contribution in [3.63, 3.8) is 0 Å². The Morgan fingerprint density at radius 1 is 1.64 bits per heavy atom. The molecule has 3 heteroatoms. The van der Waals surface area contributed by atoms with Crippen molar-refractivity contribution in [1.82, 2.24) is 4.98 Å². The number of hydrogen-bond donors (Lipinski definition) is 0. The number of ketones is 1. The lowest BCUT2D eigenvalue weighted by atomic mass is 10.2. The molecule has 0 N–H and O–H groups in total. The second-order valence-corrected chi connectivity index (χ2v) is 2.13. The number of carbonyl (C=O) groups is 1. The van der Waals surface area contributed by atoms with Crippen LogP contribution in [0.15, 0.2) is 18.5 Å². The molecular formula is C8H6N2O. The van der Waals surface area contributed by atoms with Crippen LogP contribution in [0.3, 0.4) is 0 Å². The van der Waals surface area contributed by atoms with Crippen molar-refractivity contribution < 1.29 is 4.79 Å². The van der Waals surface area contributed by atoms with Crippen molar-refractivity contribution in [1.29, 1.82) is 5.26 Å². The van der Waals surface area contributed by atoms with Gasteiger partial charge in [0.25, 0.3) is 0 Å². The normalized spacial score (nSPS) is 8.73. The van der Waals surface area contributed by atoms with Gasteiger partial charge in [-0.15, -0.1) is 0 Å². The SMILES string of the molecule is CC(=O)c1cncc(C#N)c1. The predicted octanol–water partition coefficient (Wildman–Crippen LogP) is 1.16. The summed E-state index contributed by atoms with van der Waals surface area (Å²) in [6.07, 6.45) is 2.87. The number of nitriles is 1. The molecule has 0 fully saturated rings. The lowest BCUT2D eigenvalue weighted by molar-refractivity contribution is 0.101. The topological polar surface area (TPSA) is 53.8 Å². The van der Waals surface area contributed by atoms with Gasteiger partial charge < -0.3 is 0 Å². The summed E-state index contributed by atoms with van der Waals surface area (Å²) in [6, 6.07) is 3.43. The zero-order valence-corrected chi connectivity index (χ0v) is 6.03. The third-order valence-corrected chi connectivity index (χ3v) is 1.27. The Labute approximate surface area is 64.3 Å². The van der Waals surface area contributed by atoms with Gasteiger partial charge in [0.05, 0.1) is 5.56 Å². The fourth-order valence-corrected chi connectivity index (χ4v) is 0.694. The van der Waals surface area contributed by atoms with E-state index in [1.54, 1.807) is 0 Å². The smallest absolute Gasteiger partial charge is 0.161 e. The minimum atomic E-state index is -0.0744. The first-order chi connectivity index (χ1) is 5.24. The molecule has 0 unspecified atom stereocenters. The molecule has 0 amide bonds. The number of hydrogen-bond acceptors (Lipinski definition) is 3. The van der Waals surface area contributed by atoms with Crippen LogP contribution in [-0.4, -0.2) is 10.8 Å². The van der Waals surface area contributed by atoms with Crippen molar-refractivity contribution in [2.24, 2.45) is 0 Å². The Balaban J connectivity index is 3.13. The van der Waals surface area contributed by atoms with Crippen molar-refractivity contribution in [3.8, 4) is 6.07 Å². The molecule has 0 atom stereocenters. The number of nitrogens with zero attached hydrogens (tertiary/aromatic N) is 2. The van der Waals surface area contributed by atoms with E-state index < -0.39 is 0 Å². The van der Waals surface area contributed by atoms with Gasteiger partial charge in [0.2, 0.25) is 0 Å². The summed E-state index contributed by atoms with van der Waals surface area (Å²) in [5, 5.41) is 8.44. The van der Waals surface area contributed by atoms with Crippen LogP contribution in [0.4, 0.5) is 0 Å². The van der Waals surface area contributed by atoms with Crippen molar-refractivity contribution in [2.75, 3.05) is 0 Å². The average Bonchev–Trinajstić information content (AvgIpc) is 2.05. The Morgan fingerprint density at radius 3 is 2.91 bits per heavy atom. The molecule has 0 aliphatic rings. The maximum absolute atomic E-state index is 10.8. The highest BCUT2D eigenvalue weighted by Gasteiger charge is 1.99. The fraction of sp³-hybridized carbons (Fsp3) is 0.125. The van der Waals surface area contributed by atoms with Crippen molar-refractivity contribution in [2.45, 2.75) is 6.92 Å². The monoisotopic (exact) mass is 146 g/mol. The van der Waals surface area contributed by atoms with Gasteiger partial charge in [-0.1, -0.05) is 0 Å². The quantitative estimate of drug-likeness (QED) is 0.558. The van der Waals surface area contributed by atoms with Crippen LogP contribution in [0.25, 0.3) is 0 Å². The summed E-state index contributed by atoms with van der Waals surface area (Å²) in [7, 11) is 0. The van der Waals surface area contributed by atoms with Gasteiger partial charge in [-0.3, -0.25) is 9.78 Å². The molecular weight excluding hydrogens is 140 g/mol. The predicted molar refractivity (Wildman–Crippen MR) is 39.0 cm³/mol. The highest BCUT2D eigenvalue weighted by atomic mass is 16.1. The van der Waals surface area contributed by atoms with Crippen LogP contribution in [0.5, 0.6) is 0 Å². The maximum atomic E-state index is 10.8. The van der Waals surface area contributed by atoms with Gasteiger partial charge in [0.15, 0.2) is 5.78 Å². The van der Waals surface area contributed by atoms with Gasteiger partial charge in [-0.05, 0) is 13.0 Å². The lowest BCUT2D eigenvalue weighted by Crippen LogP contribution is -1.93. The fourth-order valence-electron chi connectivity index (χ4n) is 0.694. The lowest BCUT2D eigenvalue weighted by Gasteiger charge is -1.92. The standard InChI is InChI=1S/C8H6N2O/c1-6(11)8-2-7(3-9)4-10-5-8/h2,4-5H,1H3. The number of Topliss-reactive ketones (excluding diaryl/α,β-unsaturated/α-hetero) is 1. The van der Waals surface area contributed by atoms with Gasteiger partial charge in [-0.2, -0.15) is 5.26 Å². The van der Waals surface area contributed by atoms with Crippen LogP contribution < -0.4 is 0 Å². The van der Waals surface area contributed by atoms with Crippen LogP contribution in [0.1, 0.15) is 22.8 Å². The Morgan fingerprint density at radius 2 is 2.36 bits per heavy atom. The molecule has 0 saturated heterocycles. The molecule has 1 heterocycles. The highest BCUT2D eigenvalue weighted by Crippen LogP contribution is 2.01. The van der Waals surface area contributed by atoms with Gasteiger partial charge in [-0.25, -0.2) is 0 Å². The largest absolute Gasteiger partial charge is 0.294 e. The molecule has 0 saturated carbocycles. The van der Waals surface area contributed by atoms with E-state index in [-0.39, 0.29) is 5.78 Å². The van der Waals surface area contributed by atoms with Crippen LogP contribution >= 0.6 is 0 Å². The summed E-state index contributed by atoms with van der Waals surface area (Å²) in [6.45, 7) is 1.44. The Kier molecular flexibility index (Phi) is 1.98. The number of carbonyl (C=O) groups excluding carboxylic acids is 1. The summed E-state index contributed by atoms with van der Waals surface area (Å²) in [5.41, 5.74) is 0.891. The molecule has 0 bridgehead atoms. The van der Waals surface area contributed by atoms with E-state index in [1.165, 1.54) is 25.4 Å². The van der Waals surface area contributed by atoms with E-state index in [4.69, 9.17) is 5.26 Å². The van der Waals surface area contributed by atoms with Gasteiger partial charge in [0, 0.05) is 18.0 Å². The van der Waals surface area contributed by atoms with E-state index >= 15 is 0 Å². The molecule has 0 radical (unpaired) electrons. The summed E-state index contributed by atoms with van der Waals surface area (Å²) in [5.74, 6) is -0.0744. The number of rotatable bonds is 1. The minimum Gasteiger partial charge on any atom is -0.294 e. The molecule has 3 nitrogen and oxygen atoms in total. The number of pyridine rings is 1. The molecule has 1 rings (SSSR count). The number of aromatic nitrogens is 1. The molecule has 0 aliphatic heterocycles. The minimum absolute atomic E-state index is 0.0744. The highest BCUT2D eigenvalue weighted by molar-refractivity contribution is 5.93. The van der Waals surface area contributed by atoms with Gasteiger partial charge >= 0.3 is 0 Å². The molecule has 1 aromatic rings. The van der Waals surface area contributed by atoms with Crippen molar-refractivity contribution >= 4 is 5.78 Å². The molecule has 0 aliphatic carbocycles. The third kappa shape index (κ3) is 1.62. The van der Waals surface area contributed by atoms with E-state index in [0.29, 0.717) is 11.1 Å². The Bertz CT molecular complexity index is 325. The van der Waals surface area contributed by atoms with E-state index in [9.17, 15) is 4.79 Å². The van der Waals surface area contributed by atoms with E-state index in [1.807, 2.05) is 6.07 Å². The molecule has 0 spiro atoms. The second-order valence-electron chi connectivity index (χ2n) is 2.13. The summed E-state index contributed by atoms with van der Waals surface area (Å²) < 4.78 is 0. The maximum Gasteiger partial charge on any atom is 0.161 e. The van der Waals surface area contributed by atoms with E-state index in [2.05, 4.69) is 4.98 Å². The first-order valence-corrected chi connectivity index (χ1v) is 3.10. The molecule has 11 heavy (non-hydrogen) atoms. The molecule has 0 aromatic carbocycles. The van der Waals surface area contributed by atoms with Gasteiger partial charge in [0.1, 0.15) is 6.07 Å². The first kappa shape index (κ1) is 7.42. The first-order valence-electron chi connectivity index (χ1n) is 3.10. The third-order valence-electron chi connectivity index (χ3n) is 1.27. The molecule has 54 valence electrons. The summed E-state index contributed by atoms with van der Waals surface area (Å²) >= 11 is 0. The molecule has 1 aromatic heterocycles.